The molecule has 0 aromatic heterocycles. The SMILES string of the molecule is [O]COCc1ccc2ccccc2c1. The minimum absolute atomic E-state index is 0.397. The van der Waals surface area contributed by atoms with Gasteiger partial charge in [-0.25, -0.2) is 5.11 Å². The highest BCUT2D eigenvalue weighted by Gasteiger charge is 1.95. The topological polar surface area (TPSA) is 29.1 Å². The zero-order chi connectivity index (χ0) is 9.80. The van der Waals surface area contributed by atoms with Crippen LogP contribution < -0.4 is 0 Å². The third-order valence-corrected chi connectivity index (χ3v) is 2.17. The molecule has 1 radical (unpaired) electrons. The van der Waals surface area contributed by atoms with Gasteiger partial charge in [-0.05, 0) is 22.4 Å². The summed E-state index contributed by atoms with van der Waals surface area (Å²) in [7, 11) is 0. The Bertz CT molecular complexity index is 423. The van der Waals surface area contributed by atoms with E-state index in [-0.39, 0.29) is 0 Å². The summed E-state index contributed by atoms with van der Waals surface area (Å²) in [5.74, 6) is 0. The molecule has 0 amide bonds. The molecule has 71 valence electrons. The highest BCUT2D eigenvalue weighted by atomic mass is 16.6. The highest BCUT2D eigenvalue weighted by Crippen LogP contribution is 2.15. The van der Waals surface area contributed by atoms with Crippen LogP contribution in [0.2, 0.25) is 0 Å². The summed E-state index contributed by atoms with van der Waals surface area (Å²) in [4.78, 5) is 0. The summed E-state index contributed by atoms with van der Waals surface area (Å²) in [5, 5.41) is 12.5. The summed E-state index contributed by atoms with van der Waals surface area (Å²) >= 11 is 0. The zero-order valence-corrected chi connectivity index (χ0v) is 7.77. The largest absolute Gasteiger partial charge is 0.348 e. The third kappa shape index (κ3) is 1.92. The van der Waals surface area contributed by atoms with Crippen LogP contribution in [0.1, 0.15) is 5.56 Å². The van der Waals surface area contributed by atoms with Gasteiger partial charge in [-0.1, -0.05) is 36.4 Å². The van der Waals surface area contributed by atoms with E-state index in [4.69, 9.17) is 4.74 Å². The summed E-state index contributed by atoms with van der Waals surface area (Å²) in [6.07, 6.45) is 0. The van der Waals surface area contributed by atoms with Crippen molar-refractivity contribution in [3.63, 3.8) is 0 Å². The van der Waals surface area contributed by atoms with Crippen molar-refractivity contribution >= 4 is 10.8 Å². The molecule has 0 fully saturated rings. The van der Waals surface area contributed by atoms with Gasteiger partial charge in [0.25, 0.3) is 0 Å². The molecular formula is C12H11O2. The molecule has 0 aliphatic heterocycles. The summed E-state index contributed by atoms with van der Waals surface area (Å²) < 4.78 is 4.81. The maximum absolute atomic E-state index is 10.1. The molecule has 0 aliphatic carbocycles. The second-order valence-electron chi connectivity index (χ2n) is 3.15. The Morgan fingerprint density at radius 2 is 1.79 bits per heavy atom. The van der Waals surface area contributed by atoms with Crippen molar-refractivity contribution in [3.05, 3.63) is 48.0 Å². The molecule has 0 spiro atoms. The Hall–Kier alpha value is -1.38. The van der Waals surface area contributed by atoms with Crippen molar-refractivity contribution in [1.29, 1.82) is 0 Å². The zero-order valence-electron chi connectivity index (χ0n) is 7.77. The summed E-state index contributed by atoms with van der Waals surface area (Å²) in [5.41, 5.74) is 1.04. The Kier molecular flexibility index (Phi) is 2.77. The second-order valence-corrected chi connectivity index (χ2v) is 3.15. The molecule has 2 rings (SSSR count). The Morgan fingerprint density at radius 1 is 1.00 bits per heavy atom. The maximum atomic E-state index is 10.1. The first kappa shape index (κ1) is 9.19. The van der Waals surface area contributed by atoms with Crippen LogP contribution in [-0.4, -0.2) is 6.79 Å². The van der Waals surface area contributed by atoms with Crippen molar-refractivity contribution in [1.82, 2.24) is 0 Å². The van der Waals surface area contributed by atoms with E-state index in [0.717, 1.165) is 5.56 Å². The minimum Gasteiger partial charge on any atom is -0.348 e. The van der Waals surface area contributed by atoms with Gasteiger partial charge in [0.05, 0.1) is 6.61 Å². The highest BCUT2D eigenvalue weighted by molar-refractivity contribution is 5.82. The van der Waals surface area contributed by atoms with Gasteiger partial charge in [-0.3, -0.25) is 0 Å². The van der Waals surface area contributed by atoms with Crippen LogP contribution in [-0.2, 0) is 16.5 Å². The van der Waals surface area contributed by atoms with Crippen LogP contribution in [0.4, 0.5) is 0 Å². The van der Waals surface area contributed by atoms with Gasteiger partial charge in [0.2, 0.25) is 0 Å². The van der Waals surface area contributed by atoms with E-state index in [2.05, 4.69) is 12.1 Å². The Labute approximate surface area is 82.8 Å². The number of rotatable bonds is 3. The van der Waals surface area contributed by atoms with Crippen LogP contribution in [0, 0.1) is 0 Å². The predicted octanol–water partition coefficient (Wildman–Crippen LogP) is 2.74. The molecule has 2 heteroatoms. The minimum atomic E-state index is -0.479. The molecule has 0 saturated heterocycles. The monoisotopic (exact) mass is 187 g/mol. The lowest BCUT2D eigenvalue weighted by molar-refractivity contribution is -0.0521. The standard InChI is InChI=1S/C12H11O2/c13-9-14-8-10-5-6-11-3-1-2-4-12(11)7-10/h1-7H,8-9H2. The molecule has 2 aromatic carbocycles. The third-order valence-electron chi connectivity index (χ3n) is 2.17. The number of fused-ring (bicyclic) bond motifs is 1. The van der Waals surface area contributed by atoms with E-state index in [9.17, 15) is 5.11 Å². The van der Waals surface area contributed by atoms with Crippen molar-refractivity contribution in [2.75, 3.05) is 6.79 Å². The van der Waals surface area contributed by atoms with E-state index < -0.39 is 6.79 Å². The van der Waals surface area contributed by atoms with Gasteiger partial charge in [0, 0.05) is 0 Å². The fraction of sp³-hybridized carbons (Fsp3) is 0.167. The van der Waals surface area contributed by atoms with Crippen LogP contribution in [0.25, 0.3) is 10.8 Å². The normalized spacial score (nSPS) is 10.6. The van der Waals surface area contributed by atoms with E-state index in [1.165, 1.54) is 10.8 Å². The van der Waals surface area contributed by atoms with Gasteiger partial charge in [-0.15, -0.1) is 0 Å². The summed E-state index contributed by atoms with van der Waals surface area (Å²) in [6, 6.07) is 14.2. The summed E-state index contributed by atoms with van der Waals surface area (Å²) in [6.45, 7) is -0.0822. The number of ether oxygens (including phenoxy) is 1. The molecular weight excluding hydrogens is 176 g/mol. The fourth-order valence-electron chi connectivity index (χ4n) is 1.49. The lowest BCUT2D eigenvalue weighted by Crippen LogP contribution is -1.92. The smallest absolute Gasteiger partial charge is 0.181 e. The van der Waals surface area contributed by atoms with E-state index in [1.807, 2.05) is 30.3 Å². The van der Waals surface area contributed by atoms with Crippen LogP contribution >= 0.6 is 0 Å². The van der Waals surface area contributed by atoms with Gasteiger partial charge in [-0.2, -0.15) is 0 Å². The lowest BCUT2D eigenvalue weighted by Gasteiger charge is -2.02. The van der Waals surface area contributed by atoms with E-state index in [0.29, 0.717) is 6.61 Å². The quantitative estimate of drug-likeness (QED) is 0.679. The molecule has 0 N–H and O–H groups in total. The first-order valence-electron chi connectivity index (χ1n) is 4.53. The molecule has 2 nitrogen and oxygen atoms in total. The van der Waals surface area contributed by atoms with E-state index >= 15 is 0 Å². The molecule has 2 aromatic rings. The van der Waals surface area contributed by atoms with Crippen molar-refractivity contribution in [2.24, 2.45) is 0 Å². The van der Waals surface area contributed by atoms with Crippen LogP contribution in [0.15, 0.2) is 42.5 Å². The van der Waals surface area contributed by atoms with E-state index in [1.54, 1.807) is 0 Å². The van der Waals surface area contributed by atoms with Gasteiger partial charge in [0.1, 0.15) is 0 Å². The lowest BCUT2D eigenvalue weighted by atomic mass is 10.1. The van der Waals surface area contributed by atoms with Gasteiger partial charge < -0.3 is 4.74 Å². The van der Waals surface area contributed by atoms with Crippen LogP contribution in [0.5, 0.6) is 0 Å². The van der Waals surface area contributed by atoms with Gasteiger partial charge >= 0.3 is 0 Å². The predicted molar refractivity (Wildman–Crippen MR) is 54.3 cm³/mol. The molecule has 0 heterocycles. The molecule has 0 atom stereocenters. The van der Waals surface area contributed by atoms with Crippen LogP contribution in [0.3, 0.4) is 0 Å². The number of hydrogen-bond donors (Lipinski definition) is 0. The number of hydrogen-bond acceptors (Lipinski definition) is 1. The maximum Gasteiger partial charge on any atom is 0.181 e. The van der Waals surface area contributed by atoms with Crippen molar-refractivity contribution < 1.29 is 9.84 Å². The Balaban J connectivity index is 2.32. The molecule has 0 aliphatic rings. The average Bonchev–Trinajstić information content (AvgIpc) is 2.26. The molecule has 0 unspecified atom stereocenters. The Morgan fingerprint density at radius 3 is 2.57 bits per heavy atom. The molecule has 14 heavy (non-hydrogen) atoms. The average molecular weight is 187 g/mol. The first-order chi connectivity index (χ1) is 6.90. The van der Waals surface area contributed by atoms with Crippen molar-refractivity contribution in [3.8, 4) is 0 Å². The molecule has 0 bridgehead atoms. The van der Waals surface area contributed by atoms with Gasteiger partial charge in [0.15, 0.2) is 6.79 Å². The molecule has 0 saturated carbocycles. The second kappa shape index (κ2) is 4.22. The fourth-order valence-corrected chi connectivity index (χ4v) is 1.49. The first-order valence-corrected chi connectivity index (χ1v) is 4.53. The van der Waals surface area contributed by atoms with Crippen molar-refractivity contribution in [2.45, 2.75) is 6.61 Å². The number of benzene rings is 2.